The van der Waals surface area contributed by atoms with E-state index in [4.69, 9.17) is 9.72 Å². The number of H-pyrrole nitrogens is 2. The molecule has 2 aliphatic heterocycles. The monoisotopic (exact) mass is 449 g/mol. The molecule has 0 unspecified atom stereocenters. The first-order chi connectivity index (χ1) is 15.9. The zero-order valence-electron chi connectivity index (χ0n) is 19.5. The number of benzene rings is 1. The number of fused-ring (bicyclic) bond motifs is 2. The van der Waals surface area contributed by atoms with Crippen LogP contribution in [0.25, 0.3) is 10.9 Å². The molecule has 1 aromatic carbocycles. The van der Waals surface area contributed by atoms with Crippen LogP contribution in [0.3, 0.4) is 0 Å². The number of aromatic nitrogens is 3. The van der Waals surface area contributed by atoms with Crippen molar-refractivity contribution in [1.82, 2.24) is 24.8 Å². The molecule has 3 aromatic rings. The van der Waals surface area contributed by atoms with Crippen molar-refractivity contribution in [2.75, 3.05) is 20.2 Å². The van der Waals surface area contributed by atoms with Crippen molar-refractivity contribution < 1.29 is 9.53 Å². The molecule has 33 heavy (non-hydrogen) atoms. The van der Waals surface area contributed by atoms with E-state index < -0.39 is 0 Å². The smallest absolute Gasteiger partial charge is 0.270 e. The molecule has 1 atom stereocenters. The van der Waals surface area contributed by atoms with E-state index >= 15 is 0 Å². The molecular formula is C25H31N5O3. The predicted octanol–water partition coefficient (Wildman–Crippen LogP) is 3.39. The zero-order chi connectivity index (χ0) is 23.1. The SMILES string of the molecule is COc1ccc2cc(C(=O)N3CCCC[C@H]3c3nc4c(c(=O)[nH]3)CCN(C(C)C)C4)[nH]c2c1. The van der Waals surface area contributed by atoms with Crippen LogP contribution in [0.5, 0.6) is 5.75 Å². The van der Waals surface area contributed by atoms with E-state index in [1.54, 1.807) is 7.11 Å². The van der Waals surface area contributed by atoms with Crippen molar-refractivity contribution in [1.29, 1.82) is 0 Å². The molecule has 0 spiro atoms. The van der Waals surface area contributed by atoms with E-state index in [2.05, 4.69) is 28.7 Å². The van der Waals surface area contributed by atoms with E-state index in [-0.39, 0.29) is 17.5 Å². The average Bonchev–Trinajstić information content (AvgIpc) is 3.26. The third-order valence-electron chi connectivity index (χ3n) is 6.99. The van der Waals surface area contributed by atoms with Crippen LogP contribution in [0.1, 0.15) is 66.7 Å². The summed E-state index contributed by atoms with van der Waals surface area (Å²) in [6.45, 7) is 6.51. The number of ether oxygens (including phenoxy) is 1. The van der Waals surface area contributed by atoms with Gasteiger partial charge in [0.1, 0.15) is 17.3 Å². The summed E-state index contributed by atoms with van der Waals surface area (Å²) >= 11 is 0. The van der Waals surface area contributed by atoms with Crippen LogP contribution in [0.2, 0.25) is 0 Å². The number of carbonyl (C=O) groups is 1. The summed E-state index contributed by atoms with van der Waals surface area (Å²) in [4.78, 5) is 41.8. The standard InChI is InChI=1S/C25H31N5O3/c1-15(2)29-11-9-18-21(14-29)27-23(28-24(18)31)22-6-4-5-10-30(22)25(32)20-12-16-7-8-17(33-3)13-19(16)26-20/h7-8,12-13,15,22,26H,4-6,9-11,14H2,1-3H3,(H,27,28,31)/t22-/m0/s1. The third kappa shape index (κ3) is 4.04. The number of carbonyl (C=O) groups excluding carboxylic acids is 1. The van der Waals surface area contributed by atoms with Crippen molar-refractivity contribution in [2.45, 2.75) is 58.2 Å². The molecule has 2 aromatic heterocycles. The van der Waals surface area contributed by atoms with Gasteiger partial charge in [0.05, 0.1) is 18.8 Å². The molecule has 1 amide bonds. The Bertz CT molecular complexity index is 1240. The Hall–Kier alpha value is -3.13. The van der Waals surface area contributed by atoms with Gasteiger partial charge in [-0.15, -0.1) is 0 Å². The van der Waals surface area contributed by atoms with E-state index in [0.29, 0.717) is 37.1 Å². The Labute approximate surface area is 193 Å². The van der Waals surface area contributed by atoms with Crippen molar-refractivity contribution in [3.05, 3.63) is 57.4 Å². The number of nitrogens with one attached hydrogen (secondary N) is 2. The van der Waals surface area contributed by atoms with Gasteiger partial charge < -0.3 is 19.6 Å². The van der Waals surface area contributed by atoms with E-state index in [9.17, 15) is 9.59 Å². The van der Waals surface area contributed by atoms with Crippen molar-refractivity contribution in [3.8, 4) is 5.75 Å². The van der Waals surface area contributed by atoms with Gasteiger partial charge in [0.15, 0.2) is 0 Å². The largest absolute Gasteiger partial charge is 0.497 e. The molecule has 4 heterocycles. The lowest BCUT2D eigenvalue weighted by molar-refractivity contribution is 0.0593. The maximum Gasteiger partial charge on any atom is 0.270 e. The van der Waals surface area contributed by atoms with Crippen LogP contribution < -0.4 is 10.3 Å². The molecule has 0 aliphatic carbocycles. The van der Waals surface area contributed by atoms with Crippen LogP contribution in [0, 0.1) is 0 Å². The van der Waals surface area contributed by atoms with Gasteiger partial charge in [-0.1, -0.05) is 0 Å². The van der Waals surface area contributed by atoms with Crippen LogP contribution in [-0.4, -0.2) is 56.9 Å². The normalized spacial score (nSPS) is 19.2. The minimum Gasteiger partial charge on any atom is -0.497 e. The highest BCUT2D eigenvalue weighted by atomic mass is 16.5. The third-order valence-corrected chi connectivity index (χ3v) is 6.99. The predicted molar refractivity (Wildman–Crippen MR) is 127 cm³/mol. The fourth-order valence-corrected chi connectivity index (χ4v) is 5.04. The summed E-state index contributed by atoms with van der Waals surface area (Å²) in [6.07, 6.45) is 3.43. The molecule has 0 bridgehead atoms. The molecule has 174 valence electrons. The number of amides is 1. The quantitative estimate of drug-likeness (QED) is 0.637. The molecule has 0 radical (unpaired) electrons. The first-order valence-corrected chi connectivity index (χ1v) is 11.8. The maximum atomic E-state index is 13.6. The molecule has 5 rings (SSSR count). The average molecular weight is 450 g/mol. The lowest BCUT2D eigenvalue weighted by Crippen LogP contribution is -2.42. The second-order valence-electron chi connectivity index (χ2n) is 9.34. The number of hydrogen-bond acceptors (Lipinski definition) is 5. The summed E-state index contributed by atoms with van der Waals surface area (Å²) in [5.41, 5.74) is 2.98. The minimum absolute atomic E-state index is 0.0610. The van der Waals surface area contributed by atoms with Crippen LogP contribution >= 0.6 is 0 Å². The van der Waals surface area contributed by atoms with Crippen molar-refractivity contribution in [3.63, 3.8) is 0 Å². The van der Waals surface area contributed by atoms with Crippen molar-refractivity contribution in [2.24, 2.45) is 0 Å². The number of aromatic amines is 2. The van der Waals surface area contributed by atoms with E-state index in [1.165, 1.54) is 0 Å². The maximum absolute atomic E-state index is 13.6. The Morgan fingerprint density at radius 2 is 2.03 bits per heavy atom. The summed E-state index contributed by atoms with van der Waals surface area (Å²) < 4.78 is 5.30. The van der Waals surface area contributed by atoms with Crippen LogP contribution in [-0.2, 0) is 13.0 Å². The van der Waals surface area contributed by atoms with Crippen molar-refractivity contribution >= 4 is 16.8 Å². The van der Waals surface area contributed by atoms with E-state index in [0.717, 1.165) is 53.7 Å². The fraction of sp³-hybridized carbons (Fsp3) is 0.480. The number of hydrogen-bond donors (Lipinski definition) is 2. The minimum atomic E-state index is -0.236. The molecule has 2 aliphatic rings. The van der Waals surface area contributed by atoms with Gasteiger partial charge in [-0.25, -0.2) is 4.98 Å². The lowest BCUT2D eigenvalue weighted by atomic mass is 9.99. The molecule has 0 saturated carbocycles. The van der Waals surface area contributed by atoms with Gasteiger partial charge in [-0.2, -0.15) is 0 Å². The summed E-state index contributed by atoms with van der Waals surface area (Å²) in [7, 11) is 1.63. The van der Waals surface area contributed by atoms with Gasteiger partial charge in [0.2, 0.25) is 0 Å². The Kier molecular flexibility index (Phi) is 5.70. The Morgan fingerprint density at radius 1 is 1.18 bits per heavy atom. The molecule has 1 saturated heterocycles. The highest BCUT2D eigenvalue weighted by molar-refractivity contribution is 5.98. The number of piperidine rings is 1. The number of nitrogens with zero attached hydrogens (tertiary/aromatic N) is 3. The molecule has 8 heteroatoms. The zero-order valence-corrected chi connectivity index (χ0v) is 19.5. The highest BCUT2D eigenvalue weighted by Gasteiger charge is 2.33. The van der Waals surface area contributed by atoms with Crippen LogP contribution in [0.15, 0.2) is 29.1 Å². The van der Waals surface area contributed by atoms with Gasteiger partial charge in [-0.3, -0.25) is 14.5 Å². The second-order valence-corrected chi connectivity index (χ2v) is 9.34. The summed E-state index contributed by atoms with van der Waals surface area (Å²) in [5.74, 6) is 1.28. The molecule has 8 nitrogen and oxygen atoms in total. The first-order valence-electron chi connectivity index (χ1n) is 11.8. The van der Waals surface area contributed by atoms with Gasteiger partial charge in [0.25, 0.3) is 11.5 Å². The lowest BCUT2D eigenvalue weighted by Gasteiger charge is -2.36. The summed E-state index contributed by atoms with van der Waals surface area (Å²) in [6, 6.07) is 7.76. The van der Waals surface area contributed by atoms with Gasteiger partial charge in [-0.05, 0) is 57.7 Å². The van der Waals surface area contributed by atoms with Gasteiger partial charge in [0, 0.05) is 48.2 Å². The highest BCUT2D eigenvalue weighted by Crippen LogP contribution is 2.31. The number of methoxy groups -OCH3 is 1. The number of likely N-dealkylation sites (tertiary alicyclic amines) is 1. The van der Waals surface area contributed by atoms with Gasteiger partial charge >= 0.3 is 0 Å². The number of rotatable bonds is 4. The topological polar surface area (TPSA) is 94.3 Å². The van der Waals surface area contributed by atoms with E-state index in [1.807, 2.05) is 29.2 Å². The van der Waals surface area contributed by atoms with Crippen LogP contribution in [0.4, 0.5) is 0 Å². The second kappa shape index (κ2) is 8.67. The molecule has 2 N–H and O–H groups in total. The molecular weight excluding hydrogens is 418 g/mol. The Balaban J connectivity index is 1.47. The fourth-order valence-electron chi connectivity index (χ4n) is 5.04. The summed E-state index contributed by atoms with van der Waals surface area (Å²) in [5, 5.41) is 0.960. The molecule has 1 fully saturated rings. The first kappa shape index (κ1) is 21.7. The Morgan fingerprint density at radius 3 is 2.82 bits per heavy atom.